The molecule has 1 aromatic carbocycles. The highest BCUT2D eigenvalue weighted by atomic mass is 16.5. The molecule has 0 radical (unpaired) electrons. The first kappa shape index (κ1) is 12.8. The Morgan fingerprint density at radius 3 is 2.79 bits per heavy atom. The van der Waals surface area contributed by atoms with Crippen molar-refractivity contribution in [2.24, 2.45) is 23.5 Å². The van der Waals surface area contributed by atoms with Crippen LogP contribution in [0.25, 0.3) is 0 Å². The molecule has 3 nitrogen and oxygen atoms in total. The van der Waals surface area contributed by atoms with Gasteiger partial charge < -0.3 is 15.2 Å². The highest BCUT2D eigenvalue weighted by molar-refractivity contribution is 5.46. The van der Waals surface area contributed by atoms with Gasteiger partial charge in [0.1, 0.15) is 0 Å². The van der Waals surface area contributed by atoms with Crippen molar-refractivity contribution < 1.29 is 9.47 Å². The smallest absolute Gasteiger partial charge is 0.165 e. The van der Waals surface area contributed by atoms with Gasteiger partial charge in [-0.3, -0.25) is 0 Å². The average molecular weight is 261 g/mol. The fraction of sp³-hybridized carbons (Fsp3) is 0.625. The maximum absolute atomic E-state index is 6.08. The van der Waals surface area contributed by atoms with Gasteiger partial charge in [-0.25, -0.2) is 0 Å². The first-order chi connectivity index (χ1) is 9.31. The van der Waals surface area contributed by atoms with E-state index in [1.807, 2.05) is 18.2 Å². The van der Waals surface area contributed by atoms with E-state index in [4.69, 9.17) is 15.2 Å². The summed E-state index contributed by atoms with van der Waals surface area (Å²) < 4.78 is 11.5. The average Bonchev–Trinajstić information content (AvgIpc) is 3.07. The third kappa shape index (κ3) is 2.44. The van der Waals surface area contributed by atoms with Crippen LogP contribution in [-0.2, 0) is 6.54 Å². The highest BCUT2D eigenvalue weighted by Crippen LogP contribution is 2.48. The molecule has 0 amide bonds. The Labute approximate surface area is 115 Å². The van der Waals surface area contributed by atoms with Crippen LogP contribution < -0.4 is 15.2 Å². The number of rotatable bonds is 5. The van der Waals surface area contributed by atoms with E-state index in [1.54, 1.807) is 7.11 Å². The van der Waals surface area contributed by atoms with Gasteiger partial charge in [0, 0.05) is 12.1 Å². The Hall–Kier alpha value is -1.22. The summed E-state index contributed by atoms with van der Waals surface area (Å²) in [7, 11) is 1.68. The van der Waals surface area contributed by atoms with Gasteiger partial charge in [0.05, 0.1) is 13.7 Å². The lowest BCUT2D eigenvalue weighted by atomic mass is 9.89. The van der Waals surface area contributed by atoms with E-state index in [0.29, 0.717) is 6.54 Å². The summed E-state index contributed by atoms with van der Waals surface area (Å²) >= 11 is 0. The molecular formula is C16H23NO2. The molecule has 0 spiro atoms. The molecule has 3 unspecified atom stereocenters. The summed E-state index contributed by atoms with van der Waals surface area (Å²) in [6.07, 6.45) is 5.60. The van der Waals surface area contributed by atoms with Gasteiger partial charge in [0.25, 0.3) is 0 Å². The molecule has 1 aromatic rings. The zero-order chi connectivity index (χ0) is 13.2. The van der Waals surface area contributed by atoms with Crippen molar-refractivity contribution in [2.75, 3.05) is 13.7 Å². The predicted octanol–water partition coefficient (Wildman–Crippen LogP) is 2.97. The number of nitrogens with two attached hydrogens (primary N) is 1. The van der Waals surface area contributed by atoms with Gasteiger partial charge in [0.15, 0.2) is 11.5 Å². The largest absolute Gasteiger partial charge is 0.493 e. The van der Waals surface area contributed by atoms with Gasteiger partial charge in [-0.05, 0) is 43.1 Å². The van der Waals surface area contributed by atoms with Crippen molar-refractivity contribution >= 4 is 0 Å². The molecule has 0 aliphatic heterocycles. The normalized spacial score (nSPS) is 28.6. The molecule has 0 saturated heterocycles. The summed E-state index contributed by atoms with van der Waals surface area (Å²) in [6.45, 7) is 1.30. The van der Waals surface area contributed by atoms with Crippen LogP contribution in [0.15, 0.2) is 18.2 Å². The quantitative estimate of drug-likeness (QED) is 0.886. The van der Waals surface area contributed by atoms with Crippen LogP contribution in [0.1, 0.15) is 31.2 Å². The van der Waals surface area contributed by atoms with Crippen LogP contribution in [0.2, 0.25) is 0 Å². The van der Waals surface area contributed by atoms with Crippen LogP contribution in [0, 0.1) is 17.8 Å². The molecule has 2 fully saturated rings. The second-order valence-corrected chi connectivity index (χ2v) is 5.90. The second kappa shape index (κ2) is 5.41. The molecule has 0 heterocycles. The first-order valence-corrected chi connectivity index (χ1v) is 7.30. The van der Waals surface area contributed by atoms with Crippen LogP contribution in [0.4, 0.5) is 0 Å². The summed E-state index contributed by atoms with van der Waals surface area (Å²) in [5.41, 5.74) is 6.81. The summed E-state index contributed by atoms with van der Waals surface area (Å²) in [5, 5.41) is 0. The Bertz CT molecular complexity index is 424. The molecule has 2 N–H and O–H groups in total. The molecule has 3 rings (SSSR count). The fourth-order valence-corrected chi connectivity index (χ4v) is 3.82. The summed E-state index contributed by atoms with van der Waals surface area (Å²) in [6, 6.07) is 5.92. The van der Waals surface area contributed by atoms with E-state index in [9.17, 15) is 0 Å². The molecule has 2 saturated carbocycles. The lowest BCUT2D eigenvalue weighted by Gasteiger charge is -2.23. The van der Waals surface area contributed by atoms with E-state index in [2.05, 4.69) is 0 Å². The van der Waals surface area contributed by atoms with Crippen molar-refractivity contribution in [1.82, 2.24) is 0 Å². The molecule has 2 aliphatic rings. The van der Waals surface area contributed by atoms with Gasteiger partial charge >= 0.3 is 0 Å². The molecule has 0 aromatic heterocycles. The Morgan fingerprint density at radius 1 is 1.26 bits per heavy atom. The van der Waals surface area contributed by atoms with Crippen LogP contribution >= 0.6 is 0 Å². The third-order valence-corrected chi connectivity index (χ3v) is 4.83. The van der Waals surface area contributed by atoms with E-state index >= 15 is 0 Å². The Balaban J connectivity index is 1.69. The monoisotopic (exact) mass is 261 g/mol. The summed E-state index contributed by atoms with van der Waals surface area (Å²) in [5.74, 6) is 4.22. The van der Waals surface area contributed by atoms with Gasteiger partial charge in [-0.1, -0.05) is 18.6 Å². The van der Waals surface area contributed by atoms with Crippen molar-refractivity contribution in [1.29, 1.82) is 0 Å². The fourth-order valence-electron chi connectivity index (χ4n) is 3.82. The van der Waals surface area contributed by atoms with Gasteiger partial charge in [-0.15, -0.1) is 0 Å². The number of hydrogen-bond acceptors (Lipinski definition) is 3. The molecule has 2 bridgehead atoms. The lowest BCUT2D eigenvalue weighted by molar-refractivity contribution is 0.188. The molecule has 3 heteroatoms. The predicted molar refractivity (Wildman–Crippen MR) is 75.3 cm³/mol. The number of para-hydroxylation sites is 1. The van der Waals surface area contributed by atoms with Gasteiger partial charge in [-0.2, -0.15) is 0 Å². The lowest BCUT2D eigenvalue weighted by Crippen LogP contribution is -2.19. The molecule has 2 aliphatic carbocycles. The number of hydrogen-bond donors (Lipinski definition) is 1. The van der Waals surface area contributed by atoms with Gasteiger partial charge in [0.2, 0.25) is 0 Å². The highest BCUT2D eigenvalue weighted by Gasteiger charge is 2.39. The SMILES string of the molecule is COc1cccc(CN)c1OCC1CC2CCC1C2. The second-order valence-electron chi connectivity index (χ2n) is 5.90. The van der Waals surface area contributed by atoms with Crippen molar-refractivity contribution in [3.63, 3.8) is 0 Å². The van der Waals surface area contributed by atoms with Crippen molar-refractivity contribution in [3.8, 4) is 11.5 Å². The first-order valence-electron chi connectivity index (χ1n) is 7.30. The van der Waals surface area contributed by atoms with Crippen LogP contribution in [-0.4, -0.2) is 13.7 Å². The minimum absolute atomic E-state index is 0.489. The van der Waals surface area contributed by atoms with Crippen LogP contribution in [0.3, 0.4) is 0 Å². The summed E-state index contributed by atoms with van der Waals surface area (Å²) in [4.78, 5) is 0. The minimum atomic E-state index is 0.489. The Morgan fingerprint density at radius 2 is 2.16 bits per heavy atom. The minimum Gasteiger partial charge on any atom is -0.493 e. The number of benzene rings is 1. The molecule has 3 atom stereocenters. The number of ether oxygens (including phenoxy) is 2. The number of methoxy groups -OCH3 is 1. The van der Waals surface area contributed by atoms with E-state index in [1.165, 1.54) is 25.7 Å². The topological polar surface area (TPSA) is 44.5 Å². The van der Waals surface area contributed by atoms with E-state index in [-0.39, 0.29) is 0 Å². The van der Waals surface area contributed by atoms with Crippen LogP contribution in [0.5, 0.6) is 11.5 Å². The maximum Gasteiger partial charge on any atom is 0.165 e. The molecule has 19 heavy (non-hydrogen) atoms. The van der Waals surface area contributed by atoms with Crippen molar-refractivity contribution in [3.05, 3.63) is 23.8 Å². The standard InChI is InChI=1S/C16H23NO2/c1-18-15-4-2-3-13(9-17)16(15)19-10-14-8-11-5-6-12(14)7-11/h2-4,11-12,14H,5-10,17H2,1H3. The van der Waals surface area contributed by atoms with E-state index in [0.717, 1.165) is 41.4 Å². The van der Waals surface area contributed by atoms with Crippen molar-refractivity contribution in [2.45, 2.75) is 32.2 Å². The maximum atomic E-state index is 6.08. The molecular weight excluding hydrogens is 238 g/mol. The third-order valence-electron chi connectivity index (χ3n) is 4.83. The zero-order valence-corrected chi connectivity index (χ0v) is 11.6. The molecule has 104 valence electrons. The van der Waals surface area contributed by atoms with E-state index < -0.39 is 0 Å². The number of fused-ring (bicyclic) bond motifs is 2. The zero-order valence-electron chi connectivity index (χ0n) is 11.6. The Kier molecular flexibility index (Phi) is 3.65.